The number of rotatable bonds is 8. The first-order valence-corrected chi connectivity index (χ1v) is 7.81. The van der Waals surface area contributed by atoms with E-state index in [1.807, 2.05) is 0 Å². The van der Waals surface area contributed by atoms with Gasteiger partial charge >= 0.3 is 5.97 Å². The molecule has 8 heteroatoms. The van der Waals surface area contributed by atoms with Gasteiger partial charge in [-0.2, -0.15) is 0 Å². The molecule has 0 radical (unpaired) electrons. The summed E-state index contributed by atoms with van der Waals surface area (Å²) >= 11 is 0. The van der Waals surface area contributed by atoms with Crippen LogP contribution >= 0.6 is 0 Å². The van der Waals surface area contributed by atoms with Gasteiger partial charge in [-0.15, -0.1) is 0 Å². The molecule has 0 saturated heterocycles. The molecule has 0 spiro atoms. The second-order valence-corrected chi connectivity index (χ2v) is 5.23. The zero-order valence-electron chi connectivity index (χ0n) is 15.0. The van der Waals surface area contributed by atoms with Gasteiger partial charge in [0.2, 0.25) is 5.75 Å². The van der Waals surface area contributed by atoms with E-state index in [1.165, 1.54) is 40.6 Å². The number of esters is 1. The first kappa shape index (κ1) is 19.2. The molecular formula is C18H21NO7. The lowest BCUT2D eigenvalue weighted by molar-refractivity contribution is -0.129. The Labute approximate surface area is 151 Å². The summed E-state index contributed by atoms with van der Waals surface area (Å²) in [4.78, 5) is 24.5. The molecule has 2 rings (SSSR count). The Balaban J connectivity index is 2.07. The minimum absolute atomic E-state index is 0.121. The van der Waals surface area contributed by atoms with Crippen LogP contribution in [0.25, 0.3) is 0 Å². The highest BCUT2D eigenvalue weighted by Gasteiger charge is 2.25. The summed E-state index contributed by atoms with van der Waals surface area (Å²) in [6, 6.07) is 6.48. The van der Waals surface area contributed by atoms with Gasteiger partial charge in [-0.25, -0.2) is 4.79 Å². The van der Waals surface area contributed by atoms with Gasteiger partial charge in [0.05, 0.1) is 34.1 Å². The van der Waals surface area contributed by atoms with Crippen molar-refractivity contribution in [3.05, 3.63) is 41.9 Å². The molecule has 2 aromatic rings. The van der Waals surface area contributed by atoms with Gasteiger partial charge in [0.15, 0.2) is 17.6 Å². The topological polar surface area (TPSA) is 96.2 Å². The lowest BCUT2D eigenvalue weighted by Gasteiger charge is -2.17. The van der Waals surface area contributed by atoms with E-state index in [9.17, 15) is 9.59 Å². The number of ether oxygens (including phenoxy) is 4. The number of furan rings is 1. The zero-order chi connectivity index (χ0) is 19.1. The predicted octanol–water partition coefficient (Wildman–Crippen LogP) is 2.17. The highest BCUT2D eigenvalue weighted by Crippen LogP contribution is 2.40. The van der Waals surface area contributed by atoms with E-state index >= 15 is 0 Å². The average molecular weight is 363 g/mol. The SMILES string of the molecule is COc1ccc(C(=O)OC(C)C(=O)NCc2ccco2)c(OC)c1OC. The maximum absolute atomic E-state index is 12.4. The Morgan fingerprint density at radius 1 is 1.08 bits per heavy atom. The highest BCUT2D eigenvalue weighted by atomic mass is 16.6. The first-order valence-electron chi connectivity index (χ1n) is 7.81. The van der Waals surface area contributed by atoms with Crippen molar-refractivity contribution in [3.8, 4) is 17.2 Å². The molecular weight excluding hydrogens is 342 g/mol. The van der Waals surface area contributed by atoms with Gasteiger partial charge in [0.25, 0.3) is 5.91 Å². The molecule has 0 bridgehead atoms. The van der Waals surface area contributed by atoms with E-state index in [1.54, 1.807) is 18.2 Å². The summed E-state index contributed by atoms with van der Waals surface area (Å²) in [6.45, 7) is 1.68. The molecule has 140 valence electrons. The van der Waals surface area contributed by atoms with Crippen molar-refractivity contribution in [2.24, 2.45) is 0 Å². The maximum atomic E-state index is 12.4. The number of methoxy groups -OCH3 is 3. The Hall–Kier alpha value is -3.16. The highest BCUT2D eigenvalue weighted by molar-refractivity contribution is 5.96. The fourth-order valence-electron chi connectivity index (χ4n) is 2.27. The number of hydrogen-bond donors (Lipinski definition) is 1. The molecule has 0 aliphatic heterocycles. The van der Waals surface area contributed by atoms with Crippen LogP contribution in [0.4, 0.5) is 0 Å². The molecule has 1 heterocycles. The van der Waals surface area contributed by atoms with Crippen LogP contribution in [0, 0.1) is 0 Å². The molecule has 1 aromatic carbocycles. The van der Waals surface area contributed by atoms with Crippen LogP contribution in [0.3, 0.4) is 0 Å². The third-order valence-electron chi connectivity index (χ3n) is 3.59. The molecule has 1 amide bonds. The monoisotopic (exact) mass is 363 g/mol. The number of nitrogens with one attached hydrogen (secondary N) is 1. The molecule has 0 fully saturated rings. The fourth-order valence-corrected chi connectivity index (χ4v) is 2.27. The summed E-state index contributed by atoms with van der Waals surface area (Å²) in [6.07, 6.45) is 0.504. The Bertz CT molecular complexity index is 755. The lowest BCUT2D eigenvalue weighted by atomic mass is 10.1. The Morgan fingerprint density at radius 3 is 2.38 bits per heavy atom. The van der Waals surface area contributed by atoms with Crippen LogP contribution in [0.5, 0.6) is 17.2 Å². The minimum atomic E-state index is -1.00. The molecule has 1 unspecified atom stereocenters. The molecule has 1 atom stereocenters. The average Bonchev–Trinajstić information content (AvgIpc) is 3.17. The minimum Gasteiger partial charge on any atom is -0.493 e. The summed E-state index contributed by atoms with van der Waals surface area (Å²) < 4.78 is 26.0. The van der Waals surface area contributed by atoms with Gasteiger partial charge < -0.3 is 28.7 Å². The smallest absolute Gasteiger partial charge is 0.342 e. The zero-order valence-corrected chi connectivity index (χ0v) is 15.0. The summed E-state index contributed by atoms with van der Waals surface area (Å²) in [5.41, 5.74) is 0.121. The molecule has 0 saturated carbocycles. The van der Waals surface area contributed by atoms with Crippen LogP contribution < -0.4 is 19.5 Å². The van der Waals surface area contributed by atoms with Crippen LogP contribution in [0.2, 0.25) is 0 Å². The quantitative estimate of drug-likeness (QED) is 0.718. The fraction of sp³-hybridized carbons (Fsp3) is 0.333. The van der Waals surface area contributed by atoms with Crippen molar-refractivity contribution in [1.82, 2.24) is 5.32 Å². The number of carbonyl (C=O) groups excluding carboxylic acids is 2. The first-order chi connectivity index (χ1) is 12.5. The van der Waals surface area contributed by atoms with Crippen LogP contribution in [0.15, 0.2) is 34.9 Å². The molecule has 8 nitrogen and oxygen atoms in total. The largest absolute Gasteiger partial charge is 0.493 e. The van der Waals surface area contributed by atoms with E-state index in [4.69, 9.17) is 23.4 Å². The van der Waals surface area contributed by atoms with Gasteiger partial charge in [-0.3, -0.25) is 4.79 Å². The molecule has 0 aliphatic rings. The number of benzene rings is 1. The summed E-state index contributed by atoms with van der Waals surface area (Å²) in [5, 5.41) is 2.63. The summed E-state index contributed by atoms with van der Waals surface area (Å²) in [7, 11) is 4.30. The normalized spacial score (nSPS) is 11.4. The molecule has 0 aliphatic carbocycles. The van der Waals surface area contributed by atoms with E-state index in [2.05, 4.69) is 5.32 Å². The number of hydrogen-bond acceptors (Lipinski definition) is 7. The van der Waals surface area contributed by atoms with E-state index < -0.39 is 18.0 Å². The van der Waals surface area contributed by atoms with Crippen LogP contribution in [-0.4, -0.2) is 39.3 Å². The predicted molar refractivity (Wildman–Crippen MR) is 91.5 cm³/mol. The van der Waals surface area contributed by atoms with Crippen molar-refractivity contribution in [2.45, 2.75) is 19.6 Å². The maximum Gasteiger partial charge on any atom is 0.342 e. The van der Waals surface area contributed by atoms with E-state index in [0.29, 0.717) is 11.5 Å². The number of carbonyl (C=O) groups is 2. The third-order valence-corrected chi connectivity index (χ3v) is 3.59. The number of amides is 1. The van der Waals surface area contributed by atoms with Crippen molar-refractivity contribution in [2.75, 3.05) is 21.3 Å². The Morgan fingerprint density at radius 2 is 1.81 bits per heavy atom. The van der Waals surface area contributed by atoms with Gasteiger partial charge in [-0.1, -0.05) is 0 Å². The van der Waals surface area contributed by atoms with Crippen LogP contribution in [-0.2, 0) is 16.1 Å². The standard InChI is InChI=1S/C18H21NO7/c1-11(17(20)19-10-12-6-5-9-25-12)26-18(21)13-7-8-14(22-2)16(24-4)15(13)23-3/h5-9,11H,10H2,1-4H3,(H,19,20). The Kier molecular flexibility index (Phi) is 6.48. The van der Waals surface area contributed by atoms with Gasteiger partial charge in [0.1, 0.15) is 11.3 Å². The molecule has 1 aromatic heterocycles. The van der Waals surface area contributed by atoms with Crippen molar-refractivity contribution < 1.29 is 33.0 Å². The summed E-state index contributed by atoms with van der Waals surface area (Å²) in [5.74, 6) is 0.264. The van der Waals surface area contributed by atoms with Crippen molar-refractivity contribution in [3.63, 3.8) is 0 Å². The van der Waals surface area contributed by atoms with E-state index in [-0.39, 0.29) is 23.6 Å². The van der Waals surface area contributed by atoms with E-state index in [0.717, 1.165) is 0 Å². The van der Waals surface area contributed by atoms with Gasteiger partial charge in [0, 0.05) is 0 Å². The van der Waals surface area contributed by atoms with Gasteiger partial charge in [-0.05, 0) is 31.2 Å². The van der Waals surface area contributed by atoms with Crippen LogP contribution in [0.1, 0.15) is 23.0 Å². The van der Waals surface area contributed by atoms with Crippen molar-refractivity contribution >= 4 is 11.9 Å². The van der Waals surface area contributed by atoms with Crippen molar-refractivity contribution in [1.29, 1.82) is 0 Å². The molecule has 26 heavy (non-hydrogen) atoms. The second kappa shape index (κ2) is 8.80. The third kappa shape index (κ3) is 4.27. The lowest BCUT2D eigenvalue weighted by Crippen LogP contribution is -2.35. The molecule has 1 N–H and O–H groups in total. The second-order valence-electron chi connectivity index (χ2n) is 5.23.